The van der Waals surface area contributed by atoms with Crippen molar-refractivity contribution in [1.29, 1.82) is 5.26 Å². The molecular weight excluding hydrogens is 294 g/mol. The molecule has 0 saturated carbocycles. The number of carbonyl (C=O) groups excluding carboxylic acids is 1. The largest absolute Gasteiger partial charge is 0.444 e. The molecule has 1 aliphatic heterocycles. The number of nitrogens with zero attached hydrogens (tertiary/aromatic N) is 4. The van der Waals surface area contributed by atoms with Crippen molar-refractivity contribution in [2.75, 3.05) is 24.5 Å². The van der Waals surface area contributed by atoms with E-state index in [1.807, 2.05) is 20.8 Å². The van der Waals surface area contributed by atoms with Crippen molar-refractivity contribution in [2.45, 2.75) is 39.2 Å². The first-order valence-electron chi connectivity index (χ1n) is 7.82. The molecule has 23 heavy (non-hydrogen) atoms. The molecule has 7 heteroatoms. The van der Waals surface area contributed by atoms with Gasteiger partial charge in [0.05, 0.1) is 0 Å². The summed E-state index contributed by atoms with van der Waals surface area (Å²) >= 11 is 0. The Balaban J connectivity index is 1.80. The number of piperidine rings is 1. The Morgan fingerprint density at radius 2 is 2.04 bits per heavy atom. The second-order valence-corrected chi connectivity index (χ2v) is 6.65. The number of nitrogens with one attached hydrogen (secondary N) is 1. The second kappa shape index (κ2) is 7.27. The van der Waals surface area contributed by atoms with Crippen LogP contribution in [-0.2, 0) is 4.74 Å². The van der Waals surface area contributed by atoms with Crippen LogP contribution in [0.1, 0.15) is 39.3 Å². The molecule has 1 N–H and O–H groups in total. The van der Waals surface area contributed by atoms with E-state index in [4.69, 9.17) is 10.00 Å². The maximum Gasteiger partial charge on any atom is 0.407 e. The monoisotopic (exact) mass is 317 g/mol. The highest BCUT2D eigenvalue weighted by Gasteiger charge is 2.23. The highest BCUT2D eigenvalue weighted by Crippen LogP contribution is 2.22. The average molecular weight is 317 g/mol. The normalized spacial score (nSPS) is 15.8. The van der Waals surface area contributed by atoms with Crippen LogP contribution < -0.4 is 10.2 Å². The van der Waals surface area contributed by atoms with E-state index in [0.717, 1.165) is 25.9 Å². The lowest BCUT2D eigenvalue weighted by Gasteiger charge is -2.33. The highest BCUT2D eigenvalue weighted by atomic mass is 16.6. The highest BCUT2D eigenvalue weighted by molar-refractivity contribution is 5.67. The molecule has 1 fully saturated rings. The molecule has 0 radical (unpaired) electrons. The third-order valence-corrected chi connectivity index (χ3v) is 3.63. The Hall–Kier alpha value is -2.36. The SMILES string of the molecule is CC(C)(C)OC(=O)NCC1CCN(c2nccnc2C#N)CC1. The van der Waals surface area contributed by atoms with E-state index in [9.17, 15) is 4.79 Å². The number of ether oxygens (including phenoxy) is 1. The molecule has 0 unspecified atom stereocenters. The minimum absolute atomic E-state index is 0.359. The fraction of sp³-hybridized carbons (Fsp3) is 0.625. The quantitative estimate of drug-likeness (QED) is 0.918. The standard InChI is InChI=1S/C16H23N5O2/c1-16(2,3)23-15(22)20-11-12-4-8-21(9-5-12)14-13(10-17)18-6-7-19-14/h6-7,12H,4-5,8-9,11H2,1-3H3,(H,20,22). The van der Waals surface area contributed by atoms with E-state index in [2.05, 4.69) is 26.3 Å². The molecule has 0 spiro atoms. The predicted octanol–water partition coefficient (Wildman–Crippen LogP) is 2.09. The van der Waals surface area contributed by atoms with Gasteiger partial charge >= 0.3 is 6.09 Å². The molecule has 7 nitrogen and oxygen atoms in total. The van der Waals surface area contributed by atoms with E-state index >= 15 is 0 Å². The van der Waals surface area contributed by atoms with E-state index in [1.165, 1.54) is 6.20 Å². The Bertz CT molecular complexity index is 583. The zero-order chi connectivity index (χ0) is 16.9. The second-order valence-electron chi connectivity index (χ2n) is 6.65. The van der Waals surface area contributed by atoms with Gasteiger partial charge in [-0.25, -0.2) is 14.8 Å². The van der Waals surface area contributed by atoms with Crippen LogP contribution >= 0.6 is 0 Å². The van der Waals surface area contributed by atoms with Gasteiger partial charge in [0.2, 0.25) is 0 Å². The fourth-order valence-corrected chi connectivity index (χ4v) is 2.53. The number of amides is 1. The van der Waals surface area contributed by atoms with E-state index in [-0.39, 0.29) is 6.09 Å². The van der Waals surface area contributed by atoms with Crippen molar-refractivity contribution in [3.05, 3.63) is 18.1 Å². The lowest BCUT2D eigenvalue weighted by atomic mass is 9.97. The summed E-state index contributed by atoms with van der Waals surface area (Å²) in [6, 6.07) is 2.08. The summed E-state index contributed by atoms with van der Waals surface area (Å²) in [6.45, 7) is 7.74. The molecule has 1 aliphatic rings. The molecule has 0 aromatic carbocycles. The van der Waals surface area contributed by atoms with Crippen molar-refractivity contribution in [2.24, 2.45) is 5.92 Å². The summed E-state index contributed by atoms with van der Waals surface area (Å²) in [5.41, 5.74) is -0.120. The number of alkyl carbamates (subject to hydrolysis) is 1. The van der Waals surface area contributed by atoms with Crippen molar-refractivity contribution in [3.8, 4) is 6.07 Å². The maximum absolute atomic E-state index is 11.7. The van der Waals surface area contributed by atoms with Crippen molar-refractivity contribution >= 4 is 11.9 Å². The first kappa shape index (κ1) is 17.0. The topological polar surface area (TPSA) is 91.1 Å². The van der Waals surface area contributed by atoms with Gasteiger partial charge in [0.25, 0.3) is 0 Å². The van der Waals surface area contributed by atoms with Gasteiger partial charge in [0.15, 0.2) is 11.5 Å². The average Bonchev–Trinajstić information content (AvgIpc) is 2.52. The fourth-order valence-electron chi connectivity index (χ4n) is 2.53. The lowest BCUT2D eigenvalue weighted by Crippen LogP contribution is -2.40. The molecule has 124 valence electrons. The van der Waals surface area contributed by atoms with Crippen LogP contribution in [0, 0.1) is 17.2 Å². The van der Waals surface area contributed by atoms with Gasteiger partial charge in [0, 0.05) is 32.0 Å². The third-order valence-electron chi connectivity index (χ3n) is 3.63. The van der Waals surface area contributed by atoms with Crippen molar-refractivity contribution in [3.63, 3.8) is 0 Å². The predicted molar refractivity (Wildman–Crippen MR) is 85.9 cm³/mol. The molecule has 1 saturated heterocycles. The molecule has 2 rings (SSSR count). The molecule has 1 aromatic heterocycles. The summed E-state index contributed by atoms with van der Waals surface area (Å²) in [6.07, 6.45) is 4.61. The summed E-state index contributed by atoms with van der Waals surface area (Å²) in [5.74, 6) is 1.05. The Labute approximate surface area is 136 Å². The van der Waals surface area contributed by atoms with Gasteiger partial charge in [-0.1, -0.05) is 0 Å². The Morgan fingerprint density at radius 3 is 2.65 bits per heavy atom. The van der Waals surface area contributed by atoms with E-state index in [0.29, 0.717) is 24.0 Å². The molecule has 0 atom stereocenters. The van der Waals surface area contributed by atoms with Crippen LogP contribution in [0.2, 0.25) is 0 Å². The molecule has 1 amide bonds. The number of rotatable bonds is 3. The zero-order valence-corrected chi connectivity index (χ0v) is 13.9. The first-order valence-corrected chi connectivity index (χ1v) is 7.82. The third kappa shape index (κ3) is 5.09. The van der Waals surface area contributed by atoms with Crippen LogP contribution in [0.5, 0.6) is 0 Å². The lowest BCUT2D eigenvalue weighted by molar-refractivity contribution is 0.0517. The van der Waals surface area contributed by atoms with Crippen LogP contribution in [0.15, 0.2) is 12.4 Å². The number of hydrogen-bond donors (Lipinski definition) is 1. The van der Waals surface area contributed by atoms with Gasteiger partial charge in [-0.05, 0) is 39.5 Å². The van der Waals surface area contributed by atoms with Gasteiger partial charge < -0.3 is 15.0 Å². The molecule has 2 heterocycles. The zero-order valence-electron chi connectivity index (χ0n) is 13.9. The summed E-state index contributed by atoms with van der Waals surface area (Å²) < 4.78 is 5.23. The summed E-state index contributed by atoms with van der Waals surface area (Å²) in [4.78, 5) is 22.1. The molecular formula is C16H23N5O2. The van der Waals surface area contributed by atoms with Crippen LogP contribution in [0.3, 0.4) is 0 Å². The first-order chi connectivity index (χ1) is 10.9. The molecule has 0 bridgehead atoms. The van der Waals surface area contributed by atoms with E-state index < -0.39 is 5.60 Å². The maximum atomic E-state index is 11.7. The smallest absolute Gasteiger partial charge is 0.407 e. The summed E-state index contributed by atoms with van der Waals surface area (Å²) in [5, 5.41) is 11.9. The molecule has 1 aromatic rings. The van der Waals surface area contributed by atoms with Crippen molar-refractivity contribution < 1.29 is 9.53 Å². The minimum atomic E-state index is -0.479. The number of anilines is 1. The van der Waals surface area contributed by atoms with Crippen LogP contribution in [0.4, 0.5) is 10.6 Å². The Kier molecular flexibility index (Phi) is 5.37. The van der Waals surface area contributed by atoms with Gasteiger partial charge in [-0.3, -0.25) is 0 Å². The van der Waals surface area contributed by atoms with Crippen LogP contribution in [-0.4, -0.2) is 41.3 Å². The molecule has 0 aliphatic carbocycles. The van der Waals surface area contributed by atoms with E-state index in [1.54, 1.807) is 6.20 Å². The Morgan fingerprint density at radius 1 is 1.39 bits per heavy atom. The van der Waals surface area contributed by atoms with Gasteiger partial charge in [-0.2, -0.15) is 5.26 Å². The number of hydrogen-bond acceptors (Lipinski definition) is 6. The number of carbonyl (C=O) groups is 1. The van der Waals surface area contributed by atoms with Crippen LogP contribution in [0.25, 0.3) is 0 Å². The minimum Gasteiger partial charge on any atom is -0.444 e. The summed E-state index contributed by atoms with van der Waals surface area (Å²) in [7, 11) is 0. The number of aromatic nitrogens is 2. The number of nitriles is 1. The van der Waals surface area contributed by atoms with Crippen molar-refractivity contribution in [1.82, 2.24) is 15.3 Å². The van der Waals surface area contributed by atoms with Gasteiger partial charge in [-0.15, -0.1) is 0 Å². The van der Waals surface area contributed by atoms with Gasteiger partial charge in [0.1, 0.15) is 11.7 Å².